The number of rotatable bonds is 4. The van der Waals surface area contributed by atoms with E-state index in [1.165, 1.54) is 12.1 Å². The molecule has 1 rings (SSSR count). The molecular formula is C18H28F3N. The zero-order chi connectivity index (χ0) is 17.2. The molecule has 0 N–H and O–H groups in total. The van der Waals surface area contributed by atoms with Crippen molar-refractivity contribution in [1.82, 2.24) is 4.90 Å². The molecule has 0 aliphatic rings. The maximum Gasteiger partial charge on any atom is 0.416 e. The molecule has 1 aromatic carbocycles. The molecule has 126 valence electrons. The first-order valence-electron chi connectivity index (χ1n) is 7.70. The molecule has 0 fully saturated rings. The summed E-state index contributed by atoms with van der Waals surface area (Å²) in [6.45, 7) is 14.2. The van der Waals surface area contributed by atoms with Crippen LogP contribution in [0.3, 0.4) is 0 Å². The van der Waals surface area contributed by atoms with Gasteiger partial charge >= 0.3 is 6.18 Å². The number of hydrogen-bond donors (Lipinski definition) is 0. The fraction of sp³-hybridized carbons (Fsp3) is 0.667. The SMILES string of the molecule is CC(C)(C)CCN(Cc1cccc(C(F)(F)F)c1)C(C)(C)C. The zero-order valence-electron chi connectivity index (χ0n) is 14.5. The molecule has 1 nitrogen and oxygen atoms in total. The van der Waals surface area contributed by atoms with Crippen LogP contribution in [-0.2, 0) is 12.7 Å². The Bertz CT molecular complexity index is 478. The molecule has 0 aliphatic carbocycles. The largest absolute Gasteiger partial charge is 0.416 e. The fourth-order valence-corrected chi connectivity index (χ4v) is 2.19. The quantitative estimate of drug-likeness (QED) is 0.684. The van der Waals surface area contributed by atoms with Crippen molar-refractivity contribution in [2.75, 3.05) is 6.54 Å². The predicted octanol–water partition coefficient (Wildman–Crippen LogP) is 5.74. The van der Waals surface area contributed by atoms with E-state index in [9.17, 15) is 13.2 Å². The lowest BCUT2D eigenvalue weighted by Crippen LogP contribution is -2.42. The van der Waals surface area contributed by atoms with Crippen LogP contribution in [0.1, 0.15) is 59.1 Å². The third-order valence-corrected chi connectivity index (χ3v) is 3.71. The topological polar surface area (TPSA) is 3.24 Å². The molecule has 0 spiro atoms. The third kappa shape index (κ3) is 6.39. The first-order valence-corrected chi connectivity index (χ1v) is 7.70. The van der Waals surface area contributed by atoms with Gasteiger partial charge in [0.25, 0.3) is 0 Å². The maximum atomic E-state index is 12.8. The average Bonchev–Trinajstić information content (AvgIpc) is 2.31. The Morgan fingerprint density at radius 2 is 1.55 bits per heavy atom. The molecule has 0 saturated heterocycles. The van der Waals surface area contributed by atoms with Crippen molar-refractivity contribution in [2.45, 2.75) is 66.2 Å². The molecule has 4 heteroatoms. The zero-order valence-corrected chi connectivity index (χ0v) is 14.5. The normalized spacial score (nSPS) is 13.7. The standard InChI is InChI=1S/C18H28F3N/c1-16(2,3)10-11-22(17(4,5)6)13-14-8-7-9-15(12-14)18(19,20)21/h7-9,12H,10-11,13H2,1-6H3. The van der Waals surface area contributed by atoms with Crippen LogP contribution in [0, 0.1) is 5.41 Å². The van der Waals surface area contributed by atoms with Crippen molar-refractivity contribution in [3.63, 3.8) is 0 Å². The van der Waals surface area contributed by atoms with E-state index in [2.05, 4.69) is 46.4 Å². The summed E-state index contributed by atoms with van der Waals surface area (Å²) in [6, 6.07) is 5.64. The second-order valence-electron chi connectivity index (χ2n) is 8.10. The molecule has 0 amide bonds. The van der Waals surface area contributed by atoms with E-state index in [1.807, 2.05) is 0 Å². The van der Waals surface area contributed by atoms with Gasteiger partial charge < -0.3 is 0 Å². The van der Waals surface area contributed by atoms with Crippen molar-refractivity contribution in [3.05, 3.63) is 35.4 Å². The van der Waals surface area contributed by atoms with Gasteiger partial charge in [-0.3, -0.25) is 4.90 Å². The summed E-state index contributed by atoms with van der Waals surface area (Å²) in [5.41, 5.74) is 0.255. The Hall–Kier alpha value is -1.03. The minimum absolute atomic E-state index is 0.0838. The van der Waals surface area contributed by atoms with Gasteiger partial charge in [0.2, 0.25) is 0 Å². The molecular weight excluding hydrogens is 287 g/mol. The van der Waals surface area contributed by atoms with Crippen LogP contribution in [0.4, 0.5) is 13.2 Å². The van der Waals surface area contributed by atoms with Gasteiger partial charge in [-0.1, -0.05) is 39.0 Å². The summed E-state index contributed by atoms with van der Waals surface area (Å²) < 4.78 is 38.5. The summed E-state index contributed by atoms with van der Waals surface area (Å²) in [6.07, 6.45) is -3.28. The molecule has 0 radical (unpaired) electrons. The van der Waals surface area contributed by atoms with E-state index in [0.717, 1.165) is 19.0 Å². The average molecular weight is 315 g/mol. The second kappa shape index (κ2) is 6.61. The number of hydrogen-bond acceptors (Lipinski definition) is 1. The highest BCUT2D eigenvalue weighted by molar-refractivity contribution is 5.25. The summed E-state index contributed by atoms with van der Waals surface area (Å²) in [7, 11) is 0. The van der Waals surface area contributed by atoms with E-state index < -0.39 is 11.7 Å². The Balaban J connectivity index is 2.91. The van der Waals surface area contributed by atoms with Crippen molar-refractivity contribution >= 4 is 0 Å². The predicted molar refractivity (Wildman–Crippen MR) is 85.7 cm³/mol. The van der Waals surface area contributed by atoms with Crippen LogP contribution >= 0.6 is 0 Å². The number of nitrogens with zero attached hydrogens (tertiary/aromatic N) is 1. The van der Waals surface area contributed by atoms with E-state index in [0.29, 0.717) is 12.1 Å². The van der Waals surface area contributed by atoms with Crippen molar-refractivity contribution in [1.29, 1.82) is 0 Å². The van der Waals surface area contributed by atoms with Gasteiger partial charge in [-0.2, -0.15) is 13.2 Å². The number of alkyl halides is 3. The molecule has 22 heavy (non-hydrogen) atoms. The minimum atomic E-state index is -4.28. The smallest absolute Gasteiger partial charge is 0.294 e. The van der Waals surface area contributed by atoms with Gasteiger partial charge in [0.05, 0.1) is 5.56 Å². The van der Waals surface area contributed by atoms with Crippen LogP contribution in [0.2, 0.25) is 0 Å². The second-order valence-corrected chi connectivity index (χ2v) is 8.10. The maximum absolute atomic E-state index is 12.8. The summed E-state index contributed by atoms with van der Waals surface area (Å²) in [4.78, 5) is 2.24. The van der Waals surface area contributed by atoms with Gasteiger partial charge in [0.1, 0.15) is 0 Å². The first-order chi connectivity index (χ1) is 9.79. The van der Waals surface area contributed by atoms with Gasteiger partial charge in [-0.15, -0.1) is 0 Å². The molecule has 0 unspecified atom stereocenters. The van der Waals surface area contributed by atoms with Gasteiger partial charge in [-0.05, 0) is 50.8 Å². The fourth-order valence-electron chi connectivity index (χ4n) is 2.19. The lowest BCUT2D eigenvalue weighted by atomic mass is 9.91. The Kier molecular flexibility index (Phi) is 5.71. The van der Waals surface area contributed by atoms with E-state index in [-0.39, 0.29) is 11.0 Å². The van der Waals surface area contributed by atoms with Crippen LogP contribution < -0.4 is 0 Å². The molecule has 0 bridgehead atoms. The monoisotopic (exact) mass is 315 g/mol. The first kappa shape index (κ1) is 19.0. The molecule has 0 heterocycles. The highest BCUT2D eigenvalue weighted by Gasteiger charge is 2.31. The molecule has 0 atom stereocenters. The highest BCUT2D eigenvalue weighted by Crippen LogP contribution is 2.30. The van der Waals surface area contributed by atoms with Crippen molar-refractivity contribution in [3.8, 4) is 0 Å². The van der Waals surface area contributed by atoms with Crippen LogP contribution in [0.5, 0.6) is 0 Å². The van der Waals surface area contributed by atoms with Crippen LogP contribution in [-0.4, -0.2) is 17.0 Å². The Morgan fingerprint density at radius 3 is 2.00 bits per heavy atom. The van der Waals surface area contributed by atoms with E-state index in [4.69, 9.17) is 0 Å². The van der Waals surface area contributed by atoms with Crippen molar-refractivity contribution in [2.24, 2.45) is 5.41 Å². The van der Waals surface area contributed by atoms with Gasteiger partial charge in [0, 0.05) is 12.1 Å². The summed E-state index contributed by atoms with van der Waals surface area (Å²) in [5.74, 6) is 0. The summed E-state index contributed by atoms with van der Waals surface area (Å²) >= 11 is 0. The number of benzene rings is 1. The lowest BCUT2D eigenvalue weighted by Gasteiger charge is -2.37. The molecule has 0 aromatic heterocycles. The Morgan fingerprint density at radius 1 is 0.955 bits per heavy atom. The Labute approximate surface area is 132 Å². The minimum Gasteiger partial charge on any atom is -0.294 e. The third-order valence-electron chi connectivity index (χ3n) is 3.71. The number of halogens is 3. The van der Waals surface area contributed by atoms with Crippen molar-refractivity contribution < 1.29 is 13.2 Å². The molecule has 0 aliphatic heterocycles. The lowest BCUT2D eigenvalue weighted by molar-refractivity contribution is -0.137. The molecule has 0 saturated carbocycles. The highest BCUT2D eigenvalue weighted by atomic mass is 19.4. The van der Waals surface area contributed by atoms with Gasteiger partial charge in [0.15, 0.2) is 0 Å². The van der Waals surface area contributed by atoms with Crippen LogP contribution in [0.25, 0.3) is 0 Å². The van der Waals surface area contributed by atoms with E-state index >= 15 is 0 Å². The van der Waals surface area contributed by atoms with Crippen LogP contribution in [0.15, 0.2) is 24.3 Å². The summed E-state index contributed by atoms with van der Waals surface area (Å²) in [5, 5.41) is 0. The molecule has 1 aromatic rings. The van der Waals surface area contributed by atoms with E-state index in [1.54, 1.807) is 6.07 Å². The van der Waals surface area contributed by atoms with Gasteiger partial charge in [-0.25, -0.2) is 0 Å².